The van der Waals surface area contributed by atoms with Crippen LogP contribution in [0.5, 0.6) is 0 Å². The van der Waals surface area contributed by atoms with Crippen LogP contribution >= 0.6 is 0 Å². The normalized spacial score (nSPS) is 11.1. The molecule has 17 heavy (non-hydrogen) atoms. The van der Waals surface area contributed by atoms with E-state index in [9.17, 15) is 14.7 Å². The van der Waals surface area contributed by atoms with E-state index in [0.29, 0.717) is 5.56 Å². The molecule has 0 atom stereocenters. The number of hydrogen-bond acceptors (Lipinski definition) is 4. The van der Waals surface area contributed by atoms with Gasteiger partial charge in [-0.15, -0.1) is 0 Å². The number of carbonyl (C=O) groups excluding carboxylic acids is 2. The molecular weight excluding hydrogens is 220 g/mol. The van der Waals surface area contributed by atoms with Gasteiger partial charge in [-0.05, 0) is 12.0 Å². The number of aliphatic hydroxyl groups is 1. The van der Waals surface area contributed by atoms with Crippen LogP contribution in [-0.4, -0.2) is 24.0 Å². The topological polar surface area (TPSA) is 63.6 Å². The quantitative estimate of drug-likeness (QED) is 0.374. The number of ketones is 1. The highest BCUT2D eigenvalue weighted by atomic mass is 16.5. The van der Waals surface area contributed by atoms with Gasteiger partial charge in [0.25, 0.3) is 5.78 Å². The Morgan fingerprint density at radius 3 is 2.35 bits per heavy atom. The summed E-state index contributed by atoms with van der Waals surface area (Å²) >= 11 is 0. The minimum atomic E-state index is -0.998. The predicted molar refractivity (Wildman–Crippen MR) is 63.4 cm³/mol. The lowest BCUT2D eigenvalue weighted by molar-refractivity contribution is -0.149. The van der Waals surface area contributed by atoms with Crippen molar-refractivity contribution in [2.45, 2.75) is 13.3 Å². The number of rotatable bonds is 4. The average molecular weight is 234 g/mol. The Kier molecular flexibility index (Phi) is 4.46. The molecule has 0 amide bonds. The smallest absolute Gasteiger partial charge is 0.378 e. The molecule has 0 fully saturated rings. The Morgan fingerprint density at radius 1 is 1.29 bits per heavy atom. The molecule has 0 aromatic heterocycles. The van der Waals surface area contributed by atoms with Crippen LogP contribution in [0, 0.1) is 0 Å². The molecular formula is C13H14O4. The van der Waals surface area contributed by atoms with Crippen molar-refractivity contribution in [3.63, 3.8) is 0 Å². The fraction of sp³-hybridized carbons (Fsp3) is 0.231. The van der Waals surface area contributed by atoms with Crippen molar-refractivity contribution >= 4 is 17.5 Å². The highest BCUT2D eigenvalue weighted by Gasteiger charge is 2.12. The summed E-state index contributed by atoms with van der Waals surface area (Å²) in [6, 6.07) is 7.08. The monoisotopic (exact) mass is 234 g/mol. The maximum Gasteiger partial charge on any atom is 0.378 e. The number of aliphatic hydroxyl groups excluding tert-OH is 1. The van der Waals surface area contributed by atoms with Gasteiger partial charge in [0.05, 0.1) is 7.11 Å². The highest BCUT2D eigenvalue weighted by molar-refractivity contribution is 6.39. The van der Waals surface area contributed by atoms with Gasteiger partial charge >= 0.3 is 5.97 Å². The summed E-state index contributed by atoms with van der Waals surface area (Å²) in [7, 11) is 1.11. The molecule has 0 unspecified atom stereocenters. The molecule has 0 aliphatic carbocycles. The summed E-state index contributed by atoms with van der Waals surface area (Å²) in [4.78, 5) is 22.0. The van der Waals surface area contributed by atoms with E-state index in [4.69, 9.17) is 0 Å². The minimum absolute atomic E-state index is 0.247. The first-order valence-electron chi connectivity index (χ1n) is 5.20. The van der Waals surface area contributed by atoms with Crippen LogP contribution in [0.1, 0.15) is 18.1 Å². The molecule has 0 saturated heterocycles. The van der Waals surface area contributed by atoms with E-state index in [1.54, 1.807) is 12.1 Å². The third-order valence-corrected chi connectivity index (χ3v) is 2.31. The first kappa shape index (κ1) is 13.0. The molecule has 0 aliphatic heterocycles. The molecule has 0 saturated carbocycles. The summed E-state index contributed by atoms with van der Waals surface area (Å²) in [5.41, 5.74) is 1.61. The van der Waals surface area contributed by atoms with E-state index in [0.717, 1.165) is 25.2 Å². The first-order valence-corrected chi connectivity index (χ1v) is 5.20. The van der Waals surface area contributed by atoms with Crippen molar-refractivity contribution in [3.05, 3.63) is 41.5 Å². The summed E-state index contributed by atoms with van der Waals surface area (Å²) < 4.78 is 4.24. The molecule has 1 rings (SSSR count). The van der Waals surface area contributed by atoms with Crippen molar-refractivity contribution in [2.75, 3.05) is 7.11 Å². The van der Waals surface area contributed by atoms with Gasteiger partial charge in [-0.3, -0.25) is 4.79 Å². The van der Waals surface area contributed by atoms with E-state index in [-0.39, 0.29) is 5.76 Å². The number of aryl methyl sites for hydroxylation is 1. The van der Waals surface area contributed by atoms with E-state index in [1.807, 2.05) is 19.1 Å². The Bertz CT molecular complexity index is 443. The predicted octanol–water partition coefficient (Wildman–Crippen LogP) is 1.89. The van der Waals surface area contributed by atoms with Crippen LogP contribution in [0.15, 0.2) is 30.3 Å². The molecule has 0 heterocycles. The Balaban J connectivity index is 2.88. The van der Waals surface area contributed by atoms with Gasteiger partial charge in [0.1, 0.15) is 5.76 Å². The molecule has 0 radical (unpaired) electrons. The largest absolute Gasteiger partial charge is 0.507 e. The number of methoxy groups -OCH3 is 1. The van der Waals surface area contributed by atoms with Gasteiger partial charge in [-0.2, -0.15) is 0 Å². The van der Waals surface area contributed by atoms with E-state index in [2.05, 4.69) is 4.74 Å². The fourth-order valence-electron chi connectivity index (χ4n) is 1.28. The maximum atomic E-state index is 11.2. The Hall–Kier alpha value is -2.10. The summed E-state index contributed by atoms with van der Waals surface area (Å²) in [5, 5.41) is 9.63. The number of carbonyl (C=O) groups is 2. The van der Waals surface area contributed by atoms with Gasteiger partial charge in [0.15, 0.2) is 0 Å². The molecule has 0 spiro atoms. The van der Waals surface area contributed by atoms with Crippen LogP contribution in [-0.2, 0) is 20.7 Å². The summed E-state index contributed by atoms with van der Waals surface area (Å²) in [6.45, 7) is 2.02. The molecule has 90 valence electrons. The standard InChI is InChI=1S/C13H14O4/c1-3-9-4-6-10(7-5-9)11(14)8-12(15)13(16)17-2/h4-8,14H,3H2,1-2H3. The van der Waals surface area contributed by atoms with Gasteiger partial charge in [0.2, 0.25) is 0 Å². The summed E-state index contributed by atoms with van der Waals surface area (Å²) in [6.07, 6.45) is 1.75. The van der Waals surface area contributed by atoms with E-state index in [1.165, 1.54) is 0 Å². The first-order chi connectivity index (χ1) is 8.08. The van der Waals surface area contributed by atoms with Gasteiger partial charge in [-0.1, -0.05) is 31.2 Å². The van der Waals surface area contributed by atoms with Crippen molar-refractivity contribution in [1.82, 2.24) is 0 Å². The van der Waals surface area contributed by atoms with Crippen LogP contribution in [0.3, 0.4) is 0 Å². The van der Waals surface area contributed by atoms with Crippen molar-refractivity contribution in [1.29, 1.82) is 0 Å². The van der Waals surface area contributed by atoms with Gasteiger partial charge in [-0.25, -0.2) is 4.79 Å². The fourth-order valence-corrected chi connectivity index (χ4v) is 1.28. The van der Waals surface area contributed by atoms with Gasteiger partial charge in [0, 0.05) is 11.6 Å². The Labute approximate surface area is 99.5 Å². The molecule has 1 N–H and O–H groups in total. The van der Waals surface area contributed by atoms with Crippen LogP contribution < -0.4 is 0 Å². The molecule has 4 heteroatoms. The third-order valence-electron chi connectivity index (χ3n) is 2.31. The number of ether oxygens (including phenoxy) is 1. The van der Waals surface area contributed by atoms with Crippen molar-refractivity contribution in [3.8, 4) is 0 Å². The van der Waals surface area contributed by atoms with E-state index < -0.39 is 11.8 Å². The van der Waals surface area contributed by atoms with Crippen molar-refractivity contribution < 1.29 is 19.4 Å². The molecule has 1 aromatic rings. The lowest BCUT2D eigenvalue weighted by Gasteiger charge is -2.01. The number of esters is 1. The van der Waals surface area contributed by atoms with Crippen molar-refractivity contribution in [2.24, 2.45) is 0 Å². The van der Waals surface area contributed by atoms with Gasteiger partial charge < -0.3 is 9.84 Å². The molecule has 0 bridgehead atoms. The zero-order valence-electron chi connectivity index (χ0n) is 9.77. The van der Waals surface area contributed by atoms with E-state index >= 15 is 0 Å². The Morgan fingerprint density at radius 2 is 1.88 bits per heavy atom. The molecule has 0 aliphatic rings. The minimum Gasteiger partial charge on any atom is -0.507 e. The lowest BCUT2D eigenvalue weighted by atomic mass is 10.1. The molecule has 4 nitrogen and oxygen atoms in total. The maximum absolute atomic E-state index is 11.2. The highest BCUT2D eigenvalue weighted by Crippen LogP contribution is 2.13. The second-order valence-corrected chi connectivity index (χ2v) is 3.44. The lowest BCUT2D eigenvalue weighted by Crippen LogP contribution is -2.13. The molecule has 1 aromatic carbocycles. The second kappa shape index (κ2) is 5.84. The van der Waals surface area contributed by atoms with Crippen LogP contribution in [0.4, 0.5) is 0 Å². The zero-order valence-corrected chi connectivity index (χ0v) is 9.77. The second-order valence-electron chi connectivity index (χ2n) is 3.44. The third kappa shape index (κ3) is 3.45. The number of benzene rings is 1. The summed E-state index contributed by atoms with van der Waals surface area (Å²) in [5.74, 6) is -2.13. The zero-order chi connectivity index (χ0) is 12.8. The van der Waals surface area contributed by atoms with Crippen LogP contribution in [0.2, 0.25) is 0 Å². The SMILES string of the molecule is CCc1ccc(C(O)=CC(=O)C(=O)OC)cc1. The number of hydrogen-bond donors (Lipinski definition) is 1. The average Bonchev–Trinajstić information content (AvgIpc) is 2.37. The van der Waals surface area contributed by atoms with Crippen LogP contribution in [0.25, 0.3) is 5.76 Å².